The molecule has 2 heteroatoms. The lowest BCUT2D eigenvalue weighted by Crippen LogP contribution is -2.35. The van der Waals surface area contributed by atoms with Gasteiger partial charge in [-0.25, -0.2) is 0 Å². The van der Waals surface area contributed by atoms with Gasteiger partial charge in [0.15, 0.2) is 0 Å². The first kappa shape index (κ1) is 13.9. The molecule has 0 saturated heterocycles. The first-order valence-corrected chi connectivity index (χ1v) is 6.70. The fourth-order valence-corrected chi connectivity index (χ4v) is 2.57. The maximum Gasteiger partial charge on any atom is 0.131 e. The number of hydrogen-bond acceptors (Lipinski definition) is 2. The highest BCUT2D eigenvalue weighted by molar-refractivity contribution is 5.70. The molecule has 0 radical (unpaired) electrons. The number of ether oxygens (including phenoxy) is 1. The van der Waals surface area contributed by atoms with Crippen molar-refractivity contribution < 1.29 is 4.74 Å². The van der Waals surface area contributed by atoms with Gasteiger partial charge in [-0.2, -0.15) is 0 Å². The molecular formula is C17H23NO. The van der Waals surface area contributed by atoms with Crippen molar-refractivity contribution in [3.63, 3.8) is 0 Å². The number of hydrogen-bond donors (Lipinski definition) is 0. The summed E-state index contributed by atoms with van der Waals surface area (Å²) >= 11 is 0. The van der Waals surface area contributed by atoms with Gasteiger partial charge in [-0.15, -0.1) is 0 Å². The molecule has 2 rings (SSSR count). The molecule has 0 aliphatic carbocycles. The van der Waals surface area contributed by atoms with Crippen molar-refractivity contribution in [2.24, 2.45) is 0 Å². The van der Waals surface area contributed by atoms with Crippen LogP contribution in [0.2, 0.25) is 0 Å². The Kier molecular flexibility index (Phi) is 3.55. The largest absolute Gasteiger partial charge is 0.354 e. The normalized spacial score (nSPS) is 18.3. The zero-order valence-corrected chi connectivity index (χ0v) is 12.4. The molecule has 19 heavy (non-hydrogen) atoms. The lowest BCUT2D eigenvalue weighted by atomic mass is 9.84. The predicted molar refractivity (Wildman–Crippen MR) is 81.3 cm³/mol. The van der Waals surface area contributed by atoms with E-state index in [0.29, 0.717) is 6.61 Å². The molecule has 1 aromatic carbocycles. The van der Waals surface area contributed by atoms with E-state index in [0.717, 1.165) is 11.3 Å². The first-order chi connectivity index (χ1) is 8.85. The van der Waals surface area contributed by atoms with Gasteiger partial charge in [0.25, 0.3) is 0 Å². The van der Waals surface area contributed by atoms with Gasteiger partial charge in [-0.3, -0.25) is 0 Å². The van der Waals surface area contributed by atoms with Crippen LogP contribution in [0, 0.1) is 0 Å². The third-order valence-electron chi connectivity index (χ3n) is 3.78. The summed E-state index contributed by atoms with van der Waals surface area (Å²) in [6, 6.07) is 8.45. The minimum Gasteiger partial charge on any atom is -0.354 e. The van der Waals surface area contributed by atoms with E-state index < -0.39 is 0 Å². The summed E-state index contributed by atoms with van der Waals surface area (Å²) < 4.78 is 5.87. The minimum atomic E-state index is -0.0442. The van der Waals surface area contributed by atoms with Crippen LogP contribution < -0.4 is 4.90 Å². The summed E-state index contributed by atoms with van der Waals surface area (Å²) in [4.78, 5) is 2.19. The summed E-state index contributed by atoms with van der Waals surface area (Å²) in [5.74, 6) is 0. The van der Waals surface area contributed by atoms with Crippen molar-refractivity contribution in [1.82, 2.24) is 0 Å². The number of allylic oxidation sites excluding steroid dienone is 1. The second-order valence-corrected chi connectivity index (χ2v) is 5.83. The molecule has 1 atom stereocenters. The Morgan fingerprint density at radius 2 is 2.00 bits per heavy atom. The van der Waals surface area contributed by atoms with Crippen molar-refractivity contribution in [2.45, 2.75) is 39.3 Å². The van der Waals surface area contributed by atoms with Gasteiger partial charge in [-0.05, 0) is 25.5 Å². The first-order valence-electron chi connectivity index (χ1n) is 6.70. The van der Waals surface area contributed by atoms with Crippen molar-refractivity contribution in [3.8, 4) is 0 Å². The molecule has 2 nitrogen and oxygen atoms in total. The van der Waals surface area contributed by atoms with Crippen LogP contribution in [0.3, 0.4) is 0 Å². The van der Waals surface area contributed by atoms with Crippen LogP contribution >= 0.6 is 0 Å². The maximum absolute atomic E-state index is 5.87. The molecule has 0 amide bonds. The second kappa shape index (κ2) is 4.86. The van der Waals surface area contributed by atoms with Gasteiger partial charge in [0.2, 0.25) is 0 Å². The highest BCUT2D eigenvalue weighted by Crippen LogP contribution is 2.47. The minimum absolute atomic E-state index is 0.0351. The van der Waals surface area contributed by atoms with Gasteiger partial charge in [-0.1, -0.05) is 50.8 Å². The summed E-state index contributed by atoms with van der Waals surface area (Å²) in [5, 5.41) is 0. The standard InChI is InChI=1S/C17H23NO/c1-12(2)11-19-14(4)18-13(3)17(5,6)15-9-7-8-10-16(15)18/h7-10,14H,1,3,11H2,2,4-6H3. The van der Waals surface area contributed by atoms with Crippen LogP contribution in [0.15, 0.2) is 48.7 Å². The highest BCUT2D eigenvalue weighted by Gasteiger charge is 2.40. The van der Waals surface area contributed by atoms with E-state index in [1.54, 1.807) is 0 Å². The predicted octanol–water partition coefficient (Wildman–Crippen LogP) is 4.24. The van der Waals surface area contributed by atoms with E-state index >= 15 is 0 Å². The fraction of sp³-hybridized carbons (Fsp3) is 0.412. The van der Waals surface area contributed by atoms with Gasteiger partial charge in [0, 0.05) is 16.8 Å². The monoisotopic (exact) mass is 257 g/mol. The molecule has 102 valence electrons. The summed E-state index contributed by atoms with van der Waals surface area (Å²) in [6.45, 7) is 17.2. The van der Waals surface area contributed by atoms with Crippen LogP contribution in [0.25, 0.3) is 0 Å². The molecular weight excluding hydrogens is 234 g/mol. The molecule has 1 heterocycles. The summed E-state index contributed by atoms with van der Waals surface area (Å²) in [7, 11) is 0. The topological polar surface area (TPSA) is 12.5 Å². The molecule has 1 aliphatic heterocycles. The quantitative estimate of drug-likeness (QED) is 0.748. The molecule has 0 saturated carbocycles. The van der Waals surface area contributed by atoms with Gasteiger partial charge in [0.1, 0.15) is 6.23 Å². The van der Waals surface area contributed by atoms with Crippen LogP contribution in [-0.2, 0) is 10.2 Å². The second-order valence-electron chi connectivity index (χ2n) is 5.83. The molecule has 0 bridgehead atoms. The number of nitrogens with zero attached hydrogens (tertiary/aromatic N) is 1. The van der Waals surface area contributed by atoms with Gasteiger partial charge in [0.05, 0.1) is 6.61 Å². The maximum atomic E-state index is 5.87. The Hall–Kier alpha value is -1.54. The Bertz CT molecular complexity index is 516. The van der Waals surface area contributed by atoms with E-state index in [9.17, 15) is 0 Å². The van der Waals surface area contributed by atoms with Crippen LogP contribution in [0.4, 0.5) is 5.69 Å². The van der Waals surface area contributed by atoms with E-state index in [-0.39, 0.29) is 11.6 Å². The lowest BCUT2D eigenvalue weighted by Gasteiger charge is -2.31. The third-order valence-corrected chi connectivity index (χ3v) is 3.78. The van der Waals surface area contributed by atoms with E-state index in [2.05, 4.69) is 63.1 Å². The highest BCUT2D eigenvalue weighted by atomic mass is 16.5. The Morgan fingerprint density at radius 1 is 1.37 bits per heavy atom. The van der Waals surface area contributed by atoms with Gasteiger partial charge >= 0.3 is 0 Å². The average molecular weight is 257 g/mol. The molecule has 1 aromatic rings. The van der Waals surface area contributed by atoms with Crippen molar-refractivity contribution in [2.75, 3.05) is 11.5 Å². The zero-order valence-electron chi connectivity index (χ0n) is 12.4. The van der Waals surface area contributed by atoms with Crippen molar-refractivity contribution in [3.05, 3.63) is 54.3 Å². The average Bonchev–Trinajstić information content (AvgIpc) is 2.56. The van der Waals surface area contributed by atoms with Crippen molar-refractivity contribution in [1.29, 1.82) is 0 Å². The molecule has 0 spiro atoms. The fourth-order valence-electron chi connectivity index (χ4n) is 2.57. The Balaban J connectivity index is 2.32. The van der Waals surface area contributed by atoms with Crippen LogP contribution in [0.1, 0.15) is 33.3 Å². The number of anilines is 1. The number of fused-ring (bicyclic) bond motifs is 1. The van der Waals surface area contributed by atoms with Crippen LogP contribution in [-0.4, -0.2) is 12.8 Å². The Labute approximate surface area is 116 Å². The number of rotatable bonds is 4. The number of para-hydroxylation sites is 1. The lowest BCUT2D eigenvalue weighted by molar-refractivity contribution is 0.0853. The summed E-state index contributed by atoms with van der Waals surface area (Å²) in [6.07, 6.45) is -0.0351. The zero-order chi connectivity index (χ0) is 14.2. The van der Waals surface area contributed by atoms with E-state index in [1.165, 1.54) is 11.3 Å². The SMILES string of the molecule is C=C(C)COC(C)N1C(=C)C(C)(C)c2ccccc21. The molecule has 0 fully saturated rings. The van der Waals surface area contributed by atoms with Crippen LogP contribution in [0.5, 0.6) is 0 Å². The van der Waals surface area contributed by atoms with Crippen molar-refractivity contribution >= 4 is 5.69 Å². The Morgan fingerprint density at radius 3 is 2.63 bits per heavy atom. The van der Waals surface area contributed by atoms with Gasteiger partial charge < -0.3 is 9.64 Å². The van der Waals surface area contributed by atoms with E-state index in [1.807, 2.05) is 6.92 Å². The molecule has 1 unspecified atom stereocenters. The molecule has 0 N–H and O–H groups in total. The summed E-state index contributed by atoms with van der Waals surface area (Å²) in [5.41, 5.74) is 4.59. The van der Waals surface area contributed by atoms with E-state index in [4.69, 9.17) is 4.74 Å². The number of benzene rings is 1. The third kappa shape index (κ3) is 2.33. The molecule has 0 aromatic heterocycles. The smallest absolute Gasteiger partial charge is 0.131 e. The molecule has 1 aliphatic rings.